The average molecular weight is 171 g/mol. The van der Waals surface area contributed by atoms with E-state index in [1.165, 1.54) is 11.3 Å². The van der Waals surface area contributed by atoms with E-state index in [4.69, 9.17) is 0 Å². The summed E-state index contributed by atoms with van der Waals surface area (Å²) in [6, 6.07) is 0. The number of hydrogen-bond donors (Lipinski definition) is 0. The van der Waals surface area contributed by atoms with Gasteiger partial charge in [-0.1, -0.05) is 20.8 Å². The first-order valence-corrected chi connectivity index (χ1v) is 4.65. The highest BCUT2D eigenvalue weighted by Crippen LogP contribution is 2.05. The maximum absolute atomic E-state index is 10.8. The molecule has 0 unspecified atom stereocenters. The Bertz CT molecular complexity index is 194. The molecule has 1 heterocycles. The van der Waals surface area contributed by atoms with Crippen molar-refractivity contribution in [2.45, 2.75) is 27.2 Å². The molecule has 1 rings (SSSR count). The Morgan fingerprint density at radius 1 is 1.64 bits per heavy atom. The molecule has 0 aliphatic heterocycles. The highest BCUT2D eigenvalue weighted by atomic mass is 32.1. The number of Topliss-reactive ketones (excluding diaryl/α,β-unsaturated/α-hetero) is 1. The Morgan fingerprint density at radius 3 is 2.64 bits per heavy atom. The van der Waals surface area contributed by atoms with Crippen LogP contribution in [0.1, 0.15) is 37.0 Å². The van der Waals surface area contributed by atoms with Crippen LogP contribution >= 0.6 is 11.3 Å². The number of carbonyl (C=O) groups excluding carboxylic acids is 1. The Hall–Kier alpha value is -0.700. The first kappa shape index (κ1) is 10.3. The zero-order valence-electron chi connectivity index (χ0n) is 7.13. The summed E-state index contributed by atoms with van der Waals surface area (Å²) in [5.41, 5.74) is 0. The van der Waals surface area contributed by atoms with Crippen LogP contribution in [0.3, 0.4) is 0 Å². The first-order valence-electron chi connectivity index (χ1n) is 3.77. The van der Waals surface area contributed by atoms with E-state index >= 15 is 0 Å². The van der Waals surface area contributed by atoms with Crippen LogP contribution in [0.15, 0.2) is 11.6 Å². The lowest BCUT2D eigenvalue weighted by molar-refractivity contribution is 0.0988. The van der Waals surface area contributed by atoms with Gasteiger partial charge in [-0.2, -0.15) is 0 Å². The average Bonchev–Trinajstić information content (AvgIpc) is 2.59. The van der Waals surface area contributed by atoms with Crippen LogP contribution in [0.25, 0.3) is 0 Å². The standard InChI is InChI=1S/C6H7NOS.C2H6/c1-2-5(8)6-7-3-4-9-6;1-2/h3-4H,2H2,1H3;1-2H3. The van der Waals surface area contributed by atoms with Gasteiger partial charge in [0.15, 0.2) is 10.8 Å². The van der Waals surface area contributed by atoms with E-state index in [9.17, 15) is 4.79 Å². The monoisotopic (exact) mass is 171 g/mol. The van der Waals surface area contributed by atoms with E-state index in [0.717, 1.165) is 0 Å². The van der Waals surface area contributed by atoms with Crippen LogP contribution in [0.5, 0.6) is 0 Å². The third-order valence-electron chi connectivity index (χ3n) is 0.992. The highest BCUT2D eigenvalue weighted by Gasteiger charge is 2.02. The zero-order chi connectivity index (χ0) is 8.69. The van der Waals surface area contributed by atoms with Gasteiger partial charge in [0, 0.05) is 18.0 Å². The van der Waals surface area contributed by atoms with Crippen molar-refractivity contribution in [1.29, 1.82) is 0 Å². The van der Waals surface area contributed by atoms with Gasteiger partial charge in [0.25, 0.3) is 0 Å². The van der Waals surface area contributed by atoms with Gasteiger partial charge in [-0.05, 0) is 0 Å². The molecule has 0 radical (unpaired) electrons. The molecule has 0 N–H and O–H groups in total. The summed E-state index contributed by atoms with van der Waals surface area (Å²) < 4.78 is 0. The lowest BCUT2D eigenvalue weighted by Crippen LogP contribution is -1.93. The molecule has 0 aliphatic carbocycles. The van der Waals surface area contributed by atoms with Gasteiger partial charge in [0.05, 0.1) is 0 Å². The third kappa shape index (κ3) is 3.28. The molecule has 0 amide bonds. The fourth-order valence-electron chi connectivity index (χ4n) is 0.512. The molecule has 0 saturated carbocycles. The van der Waals surface area contributed by atoms with Crippen LogP contribution < -0.4 is 0 Å². The number of nitrogens with zero attached hydrogens (tertiary/aromatic N) is 1. The second-order valence-corrected chi connectivity index (χ2v) is 2.51. The van der Waals surface area contributed by atoms with Crippen molar-refractivity contribution in [3.63, 3.8) is 0 Å². The smallest absolute Gasteiger partial charge is 0.191 e. The predicted molar refractivity (Wildman–Crippen MR) is 48.1 cm³/mol. The second-order valence-electron chi connectivity index (χ2n) is 1.61. The topological polar surface area (TPSA) is 30.0 Å². The maximum atomic E-state index is 10.8. The van der Waals surface area contributed by atoms with Gasteiger partial charge < -0.3 is 0 Å². The maximum Gasteiger partial charge on any atom is 0.191 e. The number of aromatic nitrogens is 1. The highest BCUT2D eigenvalue weighted by molar-refractivity contribution is 7.11. The van der Waals surface area contributed by atoms with E-state index in [0.29, 0.717) is 11.4 Å². The van der Waals surface area contributed by atoms with Crippen LogP contribution in [0.2, 0.25) is 0 Å². The summed E-state index contributed by atoms with van der Waals surface area (Å²) in [4.78, 5) is 14.7. The molecule has 0 saturated heterocycles. The van der Waals surface area contributed by atoms with E-state index < -0.39 is 0 Å². The molecule has 11 heavy (non-hydrogen) atoms. The summed E-state index contributed by atoms with van der Waals surface area (Å²) in [7, 11) is 0. The summed E-state index contributed by atoms with van der Waals surface area (Å²) >= 11 is 1.39. The number of thiazole rings is 1. The minimum Gasteiger partial charge on any atom is -0.292 e. The van der Waals surface area contributed by atoms with Gasteiger partial charge in [-0.3, -0.25) is 4.79 Å². The summed E-state index contributed by atoms with van der Waals surface area (Å²) in [5.74, 6) is 0.130. The van der Waals surface area contributed by atoms with Crippen LogP contribution in [0, 0.1) is 0 Å². The van der Waals surface area contributed by atoms with Gasteiger partial charge in [0.1, 0.15) is 0 Å². The van der Waals surface area contributed by atoms with Gasteiger partial charge in [-0.15, -0.1) is 11.3 Å². The molecule has 3 heteroatoms. The van der Waals surface area contributed by atoms with Crippen LogP contribution in [-0.4, -0.2) is 10.8 Å². The molecule has 2 nitrogen and oxygen atoms in total. The molecule has 0 atom stereocenters. The number of hydrogen-bond acceptors (Lipinski definition) is 3. The summed E-state index contributed by atoms with van der Waals surface area (Å²) in [5, 5.41) is 2.43. The molecular formula is C8H13NOS. The van der Waals surface area contributed by atoms with E-state index in [-0.39, 0.29) is 5.78 Å². The predicted octanol–water partition coefficient (Wildman–Crippen LogP) is 2.76. The zero-order valence-corrected chi connectivity index (χ0v) is 7.94. The number of carbonyl (C=O) groups is 1. The van der Waals surface area contributed by atoms with Gasteiger partial charge in [0.2, 0.25) is 0 Å². The van der Waals surface area contributed by atoms with Crippen molar-refractivity contribution in [2.24, 2.45) is 0 Å². The second kappa shape index (κ2) is 6.04. The lowest BCUT2D eigenvalue weighted by atomic mass is 10.3. The van der Waals surface area contributed by atoms with Crippen molar-refractivity contribution in [2.75, 3.05) is 0 Å². The Labute approximate surface area is 71.3 Å². The number of rotatable bonds is 2. The van der Waals surface area contributed by atoms with Crippen LogP contribution in [-0.2, 0) is 0 Å². The van der Waals surface area contributed by atoms with Crippen molar-refractivity contribution < 1.29 is 4.79 Å². The summed E-state index contributed by atoms with van der Waals surface area (Å²) in [6.07, 6.45) is 2.20. The van der Waals surface area contributed by atoms with E-state index in [2.05, 4.69) is 4.98 Å². The largest absolute Gasteiger partial charge is 0.292 e. The van der Waals surface area contributed by atoms with Gasteiger partial charge >= 0.3 is 0 Å². The lowest BCUT2D eigenvalue weighted by Gasteiger charge is -1.84. The number of ketones is 1. The molecule has 0 aromatic carbocycles. The molecule has 1 aromatic heterocycles. The molecule has 0 bridgehead atoms. The van der Waals surface area contributed by atoms with Crippen molar-refractivity contribution in [3.05, 3.63) is 16.6 Å². The Morgan fingerprint density at radius 2 is 2.27 bits per heavy atom. The fourth-order valence-corrected chi connectivity index (χ4v) is 1.16. The minimum atomic E-state index is 0.130. The van der Waals surface area contributed by atoms with E-state index in [1.54, 1.807) is 6.20 Å². The molecule has 0 aliphatic rings. The molecule has 1 aromatic rings. The first-order chi connectivity index (χ1) is 5.34. The molecule has 0 spiro atoms. The molecular weight excluding hydrogens is 158 g/mol. The van der Waals surface area contributed by atoms with Crippen LogP contribution in [0.4, 0.5) is 0 Å². The normalized spacial score (nSPS) is 8.27. The van der Waals surface area contributed by atoms with Gasteiger partial charge in [-0.25, -0.2) is 4.98 Å². The summed E-state index contributed by atoms with van der Waals surface area (Å²) in [6.45, 7) is 5.84. The molecule has 0 fully saturated rings. The molecule has 62 valence electrons. The van der Waals surface area contributed by atoms with Crippen molar-refractivity contribution in [3.8, 4) is 0 Å². The van der Waals surface area contributed by atoms with E-state index in [1.807, 2.05) is 26.2 Å². The SMILES string of the molecule is CC.CCC(=O)c1nccs1. The minimum absolute atomic E-state index is 0.130. The van der Waals surface area contributed by atoms with Crippen molar-refractivity contribution in [1.82, 2.24) is 4.98 Å². The van der Waals surface area contributed by atoms with Crippen molar-refractivity contribution >= 4 is 17.1 Å². The Kier molecular flexibility index (Phi) is 5.65. The third-order valence-corrected chi connectivity index (χ3v) is 1.81. The fraction of sp³-hybridized carbons (Fsp3) is 0.500. The quantitative estimate of drug-likeness (QED) is 0.640. The Balaban J connectivity index is 0.000000461.